The summed E-state index contributed by atoms with van der Waals surface area (Å²) in [6.45, 7) is 6.91. The quantitative estimate of drug-likeness (QED) is 0.713. The van der Waals surface area contributed by atoms with Crippen LogP contribution in [0.1, 0.15) is 39.2 Å². The number of carbonyl (C=O) groups excluding carboxylic acids is 2. The molecule has 0 aliphatic carbocycles. The summed E-state index contributed by atoms with van der Waals surface area (Å²) >= 11 is 1.51. The van der Waals surface area contributed by atoms with Crippen molar-refractivity contribution in [2.24, 2.45) is 5.41 Å². The molecular weight excluding hydrogens is 368 g/mol. The Labute approximate surface area is 171 Å². The molecule has 148 valence electrons. The van der Waals surface area contributed by atoms with Crippen molar-refractivity contribution in [1.82, 2.24) is 0 Å². The van der Waals surface area contributed by atoms with Gasteiger partial charge in [0.1, 0.15) is 0 Å². The molecule has 0 fully saturated rings. The Morgan fingerprint density at radius 1 is 1.11 bits per heavy atom. The lowest BCUT2D eigenvalue weighted by Crippen LogP contribution is -2.36. The number of aryl methyl sites for hydroxylation is 1. The van der Waals surface area contributed by atoms with Crippen LogP contribution in [0.3, 0.4) is 0 Å². The predicted octanol–water partition coefficient (Wildman–Crippen LogP) is 5.13. The van der Waals surface area contributed by atoms with Crippen LogP contribution in [-0.4, -0.2) is 24.1 Å². The number of hydrogen-bond donors (Lipinski definition) is 1. The molecule has 4 nitrogen and oxygen atoms in total. The van der Waals surface area contributed by atoms with E-state index in [1.807, 2.05) is 68.1 Å². The maximum atomic E-state index is 12.8. The number of rotatable bonds is 5. The van der Waals surface area contributed by atoms with Crippen molar-refractivity contribution in [1.29, 1.82) is 0 Å². The zero-order valence-corrected chi connectivity index (χ0v) is 17.6. The molecule has 0 atom stereocenters. The van der Waals surface area contributed by atoms with Gasteiger partial charge in [0, 0.05) is 29.2 Å². The minimum absolute atomic E-state index is 0.00986. The van der Waals surface area contributed by atoms with Crippen LogP contribution < -0.4 is 10.2 Å². The Bertz CT molecular complexity index is 858. The SMILES string of the molecule is CC(C)(C)CC(=O)Nc1cccc(SCC(=O)N2CCCc3ccccc32)c1. The average molecular weight is 397 g/mol. The fraction of sp³-hybridized carbons (Fsp3) is 0.391. The third-order valence-corrected chi connectivity index (χ3v) is 5.56. The van der Waals surface area contributed by atoms with Crippen LogP contribution in [0.5, 0.6) is 0 Å². The molecule has 5 heteroatoms. The zero-order valence-electron chi connectivity index (χ0n) is 16.8. The van der Waals surface area contributed by atoms with Crippen molar-refractivity contribution in [3.05, 3.63) is 54.1 Å². The largest absolute Gasteiger partial charge is 0.326 e. The van der Waals surface area contributed by atoms with Gasteiger partial charge in [-0.15, -0.1) is 11.8 Å². The molecule has 2 aromatic carbocycles. The van der Waals surface area contributed by atoms with E-state index in [0.29, 0.717) is 12.2 Å². The van der Waals surface area contributed by atoms with Crippen molar-refractivity contribution >= 4 is 35.0 Å². The summed E-state index contributed by atoms with van der Waals surface area (Å²) in [5.74, 6) is 0.517. The van der Waals surface area contributed by atoms with Crippen LogP contribution >= 0.6 is 11.8 Å². The summed E-state index contributed by atoms with van der Waals surface area (Å²) < 4.78 is 0. The second kappa shape index (κ2) is 8.82. The minimum atomic E-state index is -0.0480. The van der Waals surface area contributed by atoms with Crippen LogP contribution in [0, 0.1) is 5.41 Å². The number of amides is 2. The van der Waals surface area contributed by atoms with Gasteiger partial charge in [-0.25, -0.2) is 0 Å². The zero-order chi connectivity index (χ0) is 20.1. The van der Waals surface area contributed by atoms with Gasteiger partial charge >= 0.3 is 0 Å². The number of nitrogens with one attached hydrogen (secondary N) is 1. The van der Waals surface area contributed by atoms with E-state index in [1.54, 1.807) is 0 Å². The lowest BCUT2D eigenvalue weighted by molar-refractivity contribution is -0.118. The highest BCUT2D eigenvalue weighted by atomic mass is 32.2. The second-order valence-electron chi connectivity index (χ2n) is 8.38. The van der Waals surface area contributed by atoms with Crippen LogP contribution in [0.2, 0.25) is 0 Å². The number of hydrogen-bond acceptors (Lipinski definition) is 3. The molecule has 0 unspecified atom stereocenters. The highest BCUT2D eigenvalue weighted by molar-refractivity contribution is 8.00. The number of nitrogens with zero attached hydrogens (tertiary/aromatic N) is 1. The number of thioether (sulfide) groups is 1. The molecule has 28 heavy (non-hydrogen) atoms. The third kappa shape index (κ3) is 5.61. The summed E-state index contributed by atoms with van der Waals surface area (Å²) in [6.07, 6.45) is 2.50. The average Bonchev–Trinajstić information content (AvgIpc) is 2.64. The normalized spacial score (nSPS) is 13.8. The maximum Gasteiger partial charge on any atom is 0.237 e. The molecule has 1 N–H and O–H groups in total. The van der Waals surface area contributed by atoms with Crippen molar-refractivity contribution in [2.75, 3.05) is 22.5 Å². The molecule has 0 bridgehead atoms. The van der Waals surface area contributed by atoms with Gasteiger partial charge in [-0.1, -0.05) is 45.0 Å². The molecule has 1 aliphatic rings. The van der Waals surface area contributed by atoms with E-state index in [9.17, 15) is 9.59 Å². The Morgan fingerprint density at radius 3 is 2.68 bits per heavy atom. The number of carbonyl (C=O) groups is 2. The van der Waals surface area contributed by atoms with Gasteiger partial charge in [0.05, 0.1) is 5.75 Å². The van der Waals surface area contributed by atoms with Crippen LogP contribution in [0.4, 0.5) is 11.4 Å². The van der Waals surface area contributed by atoms with Crippen molar-refractivity contribution in [3.8, 4) is 0 Å². The van der Waals surface area contributed by atoms with E-state index in [0.717, 1.165) is 35.7 Å². The highest BCUT2D eigenvalue weighted by Crippen LogP contribution is 2.29. The van der Waals surface area contributed by atoms with E-state index < -0.39 is 0 Å². The van der Waals surface area contributed by atoms with E-state index in [1.165, 1.54) is 17.3 Å². The number of anilines is 2. The standard InChI is InChI=1S/C23H28N2O2S/c1-23(2,3)15-21(26)24-18-10-6-11-19(14-18)28-16-22(27)25-13-7-9-17-8-4-5-12-20(17)25/h4-6,8,10-12,14H,7,9,13,15-16H2,1-3H3,(H,24,26). The van der Waals surface area contributed by atoms with Crippen LogP contribution in [-0.2, 0) is 16.0 Å². The molecule has 2 amide bonds. The molecule has 1 heterocycles. The number of para-hydroxylation sites is 1. The van der Waals surface area contributed by atoms with E-state index >= 15 is 0 Å². The second-order valence-corrected chi connectivity index (χ2v) is 9.43. The summed E-state index contributed by atoms with van der Waals surface area (Å²) in [4.78, 5) is 27.8. The summed E-state index contributed by atoms with van der Waals surface area (Å²) in [6, 6.07) is 15.9. The highest BCUT2D eigenvalue weighted by Gasteiger charge is 2.22. The van der Waals surface area contributed by atoms with Crippen molar-refractivity contribution in [3.63, 3.8) is 0 Å². The van der Waals surface area contributed by atoms with Crippen LogP contribution in [0.15, 0.2) is 53.4 Å². The molecule has 0 spiro atoms. The van der Waals surface area contributed by atoms with Crippen molar-refractivity contribution < 1.29 is 9.59 Å². The topological polar surface area (TPSA) is 49.4 Å². The van der Waals surface area contributed by atoms with E-state index in [4.69, 9.17) is 0 Å². The molecule has 0 saturated carbocycles. The summed E-state index contributed by atoms with van der Waals surface area (Å²) in [5, 5.41) is 2.96. The molecule has 0 aromatic heterocycles. The summed E-state index contributed by atoms with van der Waals surface area (Å²) in [7, 11) is 0. The Hall–Kier alpha value is -2.27. The first kappa shape index (κ1) is 20.5. The van der Waals surface area contributed by atoms with Gasteiger partial charge in [0.2, 0.25) is 11.8 Å². The maximum absolute atomic E-state index is 12.8. The van der Waals surface area contributed by atoms with Gasteiger partial charge in [-0.3, -0.25) is 9.59 Å². The predicted molar refractivity (Wildman–Crippen MR) is 117 cm³/mol. The number of benzene rings is 2. The van der Waals surface area contributed by atoms with Gasteiger partial charge in [-0.05, 0) is 48.1 Å². The monoisotopic (exact) mass is 396 g/mol. The smallest absolute Gasteiger partial charge is 0.237 e. The van der Waals surface area contributed by atoms with E-state index in [-0.39, 0.29) is 17.2 Å². The molecule has 1 aliphatic heterocycles. The molecule has 0 radical (unpaired) electrons. The Kier molecular flexibility index (Phi) is 6.45. The van der Waals surface area contributed by atoms with Crippen LogP contribution in [0.25, 0.3) is 0 Å². The fourth-order valence-electron chi connectivity index (χ4n) is 3.37. The third-order valence-electron chi connectivity index (χ3n) is 4.58. The van der Waals surface area contributed by atoms with Gasteiger partial charge < -0.3 is 10.2 Å². The molecule has 0 saturated heterocycles. The van der Waals surface area contributed by atoms with E-state index in [2.05, 4.69) is 11.4 Å². The molecular formula is C23H28N2O2S. The summed E-state index contributed by atoms with van der Waals surface area (Å²) in [5.41, 5.74) is 3.02. The van der Waals surface area contributed by atoms with Gasteiger partial charge in [0.25, 0.3) is 0 Å². The Morgan fingerprint density at radius 2 is 1.89 bits per heavy atom. The molecule has 3 rings (SSSR count). The fourth-order valence-corrected chi connectivity index (χ4v) is 4.20. The first-order valence-corrected chi connectivity index (χ1v) is 10.7. The van der Waals surface area contributed by atoms with Gasteiger partial charge in [0.15, 0.2) is 0 Å². The number of fused-ring (bicyclic) bond motifs is 1. The molecule has 2 aromatic rings. The lowest BCUT2D eigenvalue weighted by Gasteiger charge is -2.29. The minimum Gasteiger partial charge on any atom is -0.326 e. The first-order valence-electron chi connectivity index (χ1n) is 9.73. The Balaban J connectivity index is 1.59. The van der Waals surface area contributed by atoms with Gasteiger partial charge in [-0.2, -0.15) is 0 Å². The lowest BCUT2D eigenvalue weighted by atomic mass is 9.92. The van der Waals surface area contributed by atoms with Crippen molar-refractivity contribution in [2.45, 2.75) is 44.9 Å². The first-order chi connectivity index (χ1) is 13.3.